The summed E-state index contributed by atoms with van der Waals surface area (Å²) >= 11 is 0. The summed E-state index contributed by atoms with van der Waals surface area (Å²) in [5.74, 6) is 2.13. The summed E-state index contributed by atoms with van der Waals surface area (Å²) in [7, 11) is 0. The van der Waals surface area contributed by atoms with Gasteiger partial charge in [0, 0.05) is 56.7 Å². The molecule has 4 atom stereocenters. The molecule has 144 valence electrons. The van der Waals surface area contributed by atoms with Gasteiger partial charge >= 0.3 is 0 Å². The van der Waals surface area contributed by atoms with Gasteiger partial charge in [0.2, 0.25) is 0 Å². The Labute approximate surface area is 152 Å². The third-order valence-corrected chi connectivity index (χ3v) is 5.97. The van der Waals surface area contributed by atoms with Gasteiger partial charge in [-0.3, -0.25) is 9.89 Å². The van der Waals surface area contributed by atoms with Gasteiger partial charge < -0.3 is 20.1 Å². The molecule has 0 amide bonds. The van der Waals surface area contributed by atoms with Crippen molar-refractivity contribution in [3.05, 3.63) is 0 Å². The molecule has 2 aliphatic heterocycles. The third kappa shape index (κ3) is 4.29. The first kappa shape index (κ1) is 18.9. The molecule has 0 bridgehead atoms. The van der Waals surface area contributed by atoms with Crippen molar-refractivity contribution < 1.29 is 9.47 Å². The van der Waals surface area contributed by atoms with Crippen molar-refractivity contribution in [2.45, 2.75) is 46.3 Å². The summed E-state index contributed by atoms with van der Waals surface area (Å²) in [6, 6.07) is 0.451. The number of nitrogens with zero attached hydrogens (tertiary/aromatic N) is 2. The highest BCUT2D eigenvalue weighted by atomic mass is 16.5. The summed E-state index contributed by atoms with van der Waals surface area (Å²) < 4.78 is 11.3. The van der Waals surface area contributed by atoms with Crippen LogP contribution in [0.2, 0.25) is 0 Å². The Balaban J connectivity index is 1.52. The van der Waals surface area contributed by atoms with E-state index in [-0.39, 0.29) is 5.41 Å². The molecule has 2 saturated heterocycles. The van der Waals surface area contributed by atoms with Gasteiger partial charge in [0.05, 0.1) is 19.3 Å². The predicted molar refractivity (Wildman–Crippen MR) is 101 cm³/mol. The van der Waals surface area contributed by atoms with Crippen LogP contribution < -0.4 is 10.6 Å². The minimum atomic E-state index is 0.177. The fourth-order valence-electron chi connectivity index (χ4n) is 4.61. The lowest BCUT2D eigenvalue weighted by Gasteiger charge is -2.54. The molecule has 0 radical (unpaired) electrons. The van der Waals surface area contributed by atoms with Gasteiger partial charge in [-0.1, -0.05) is 20.8 Å². The number of morpholine rings is 1. The van der Waals surface area contributed by atoms with Crippen molar-refractivity contribution in [3.8, 4) is 0 Å². The lowest BCUT2D eigenvalue weighted by molar-refractivity contribution is -0.106. The molecule has 0 spiro atoms. The molecule has 1 aliphatic carbocycles. The topological polar surface area (TPSA) is 58.1 Å². The monoisotopic (exact) mass is 352 g/mol. The van der Waals surface area contributed by atoms with Gasteiger partial charge in [-0.15, -0.1) is 0 Å². The average molecular weight is 353 g/mol. The Hall–Kier alpha value is -0.850. The van der Waals surface area contributed by atoms with Gasteiger partial charge in [-0.25, -0.2) is 0 Å². The number of hydrogen-bond donors (Lipinski definition) is 2. The predicted octanol–water partition coefficient (Wildman–Crippen LogP) is 1.32. The quantitative estimate of drug-likeness (QED) is 0.558. The number of guanidine groups is 1. The molecule has 3 aliphatic rings. The number of fused-ring (bicyclic) bond motifs is 1. The Bertz CT molecular complexity index is 462. The van der Waals surface area contributed by atoms with Crippen molar-refractivity contribution in [1.82, 2.24) is 15.5 Å². The molecule has 6 nitrogen and oxygen atoms in total. The Morgan fingerprint density at radius 3 is 2.76 bits per heavy atom. The molecule has 3 fully saturated rings. The van der Waals surface area contributed by atoms with Crippen LogP contribution >= 0.6 is 0 Å². The summed E-state index contributed by atoms with van der Waals surface area (Å²) in [4.78, 5) is 7.36. The highest BCUT2D eigenvalue weighted by Gasteiger charge is 2.59. The molecule has 2 heterocycles. The van der Waals surface area contributed by atoms with Crippen LogP contribution in [-0.2, 0) is 9.47 Å². The van der Waals surface area contributed by atoms with E-state index in [2.05, 4.69) is 43.2 Å². The second-order valence-corrected chi connectivity index (χ2v) is 8.43. The van der Waals surface area contributed by atoms with E-state index in [4.69, 9.17) is 14.5 Å². The van der Waals surface area contributed by atoms with Crippen molar-refractivity contribution in [2.75, 3.05) is 52.5 Å². The number of hydrogen-bond acceptors (Lipinski definition) is 4. The molecular weight excluding hydrogens is 316 g/mol. The smallest absolute Gasteiger partial charge is 0.191 e. The number of rotatable bonds is 6. The minimum absolute atomic E-state index is 0.177. The zero-order valence-electron chi connectivity index (χ0n) is 16.4. The first-order valence-corrected chi connectivity index (χ1v) is 9.99. The molecule has 0 aromatic heterocycles. The van der Waals surface area contributed by atoms with E-state index in [1.807, 2.05) is 0 Å². The second kappa shape index (κ2) is 8.23. The number of nitrogens with one attached hydrogen (secondary N) is 2. The second-order valence-electron chi connectivity index (χ2n) is 8.43. The lowest BCUT2D eigenvalue weighted by Crippen LogP contribution is -2.68. The van der Waals surface area contributed by atoms with E-state index < -0.39 is 0 Å². The fourth-order valence-corrected chi connectivity index (χ4v) is 4.61. The summed E-state index contributed by atoms with van der Waals surface area (Å²) in [5.41, 5.74) is 0.177. The molecule has 0 aromatic rings. The molecule has 1 saturated carbocycles. The van der Waals surface area contributed by atoms with E-state index in [9.17, 15) is 0 Å². The Kier molecular flexibility index (Phi) is 6.23. The zero-order chi connectivity index (χ0) is 17.9. The van der Waals surface area contributed by atoms with Gasteiger partial charge in [0.15, 0.2) is 5.96 Å². The molecule has 25 heavy (non-hydrogen) atoms. The maximum absolute atomic E-state index is 5.91. The SMILES string of the molecule is CCNC(=NCC(C)CN1CCOCC1)NC1C2CCOC2C1(C)C. The molecular formula is C19H36N4O2. The molecule has 6 heteroatoms. The van der Waals surface area contributed by atoms with E-state index in [0.29, 0.717) is 24.0 Å². The van der Waals surface area contributed by atoms with Crippen LogP contribution in [0.1, 0.15) is 34.1 Å². The number of ether oxygens (including phenoxy) is 2. The Morgan fingerprint density at radius 1 is 1.28 bits per heavy atom. The average Bonchev–Trinajstić information content (AvgIpc) is 3.05. The van der Waals surface area contributed by atoms with Crippen LogP contribution in [0.4, 0.5) is 0 Å². The summed E-state index contributed by atoms with van der Waals surface area (Å²) in [5, 5.41) is 7.12. The fraction of sp³-hybridized carbons (Fsp3) is 0.947. The summed E-state index contributed by atoms with van der Waals surface area (Å²) in [6.45, 7) is 16.6. The van der Waals surface area contributed by atoms with Crippen LogP contribution in [-0.4, -0.2) is 75.5 Å². The van der Waals surface area contributed by atoms with Crippen LogP contribution in [0.3, 0.4) is 0 Å². The van der Waals surface area contributed by atoms with Crippen LogP contribution in [0, 0.1) is 17.3 Å². The highest BCUT2D eigenvalue weighted by Crippen LogP contribution is 2.52. The van der Waals surface area contributed by atoms with E-state index in [1.54, 1.807) is 0 Å². The van der Waals surface area contributed by atoms with E-state index >= 15 is 0 Å². The molecule has 2 N–H and O–H groups in total. The van der Waals surface area contributed by atoms with Crippen LogP contribution in [0.15, 0.2) is 4.99 Å². The normalized spacial score (nSPS) is 33.4. The zero-order valence-corrected chi connectivity index (χ0v) is 16.4. The standard InChI is InChI=1S/C19H36N4O2/c1-5-20-18(21-12-14(2)13-23-7-10-24-11-8-23)22-16-15-6-9-25-17(15)19(16,3)4/h14-17H,5-13H2,1-4H3,(H2,20,21,22). The summed E-state index contributed by atoms with van der Waals surface area (Å²) in [6.07, 6.45) is 1.58. The van der Waals surface area contributed by atoms with Crippen molar-refractivity contribution in [3.63, 3.8) is 0 Å². The first-order valence-electron chi connectivity index (χ1n) is 9.99. The maximum Gasteiger partial charge on any atom is 0.191 e. The minimum Gasteiger partial charge on any atom is -0.379 e. The maximum atomic E-state index is 5.91. The number of aliphatic imine (C=N–C) groups is 1. The molecule has 0 aromatic carbocycles. The van der Waals surface area contributed by atoms with E-state index in [1.165, 1.54) is 6.42 Å². The van der Waals surface area contributed by atoms with Crippen molar-refractivity contribution >= 4 is 5.96 Å². The van der Waals surface area contributed by atoms with Crippen LogP contribution in [0.25, 0.3) is 0 Å². The van der Waals surface area contributed by atoms with Gasteiger partial charge in [0.1, 0.15) is 0 Å². The first-order chi connectivity index (χ1) is 12.0. The van der Waals surface area contributed by atoms with Gasteiger partial charge in [-0.05, 0) is 19.3 Å². The molecule has 3 rings (SSSR count). The lowest BCUT2D eigenvalue weighted by atomic mass is 9.57. The van der Waals surface area contributed by atoms with Gasteiger partial charge in [-0.2, -0.15) is 0 Å². The highest BCUT2D eigenvalue weighted by molar-refractivity contribution is 5.80. The molecule has 4 unspecified atom stereocenters. The van der Waals surface area contributed by atoms with E-state index in [0.717, 1.165) is 58.5 Å². The Morgan fingerprint density at radius 2 is 2.04 bits per heavy atom. The van der Waals surface area contributed by atoms with Gasteiger partial charge in [0.25, 0.3) is 0 Å². The van der Waals surface area contributed by atoms with Crippen LogP contribution in [0.5, 0.6) is 0 Å². The largest absolute Gasteiger partial charge is 0.379 e. The van der Waals surface area contributed by atoms with Crippen molar-refractivity contribution in [2.24, 2.45) is 22.2 Å². The third-order valence-electron chi connectivity index (χ3n) is 5.97. The van der Waals surface area contributed by atoms with Crippen molar-refractivity contribution in [1.29, 1.82) is 0 Å².